The van der Waals surface area contributed by atoms with Crippen LogP contribution in [0, 0.1) is 0 Å². The molecule has 1 aliphatic carbocycles. The van der Waals surface area contributed by atoms with Crippen molar-refractivity contribution in [2.24, 2.45) is 0 Å². The van der Waals surface area contributed by atoms with Gasteiger partial charge >= 0.3 is 5.97 Å². The zero-order valence-electron chi connectivity index (χ0n) is 16.7. The second-order valence-corrected chi connectivity index (χ2v) is 7.17. The number of furan rings is 1. The van der Waals surface area contributed by atoms with Crippen LogP contribution in [0.4, 0.5) is 0 Å². The van der Waals surface area contributed by atoms with Gasteiger partial charge in [-0.2, -0.15) is 0 Å². The predicted octanol–water partition coefficient (Wildman–Crippen LogP) is 6.80. The minimum atomic E-state index is -0.935. The summed E-state index contributed by atoms with van der Waals surface area (Å²) in [5.41, 5.74) is 3.35. The highest BCUT2D eigenvalue weighted by Gasteiger charge is 2.13. The maximum Gasteiger partial charge on any atom is 0.330 e. The number of carboxylic acid groups (broad SMARTS) is 1. The molecule has 3 heteroatoms. The number of hydrogen-bond acceptors (Lipinski definition) is 2. The van der Waals surface area contributed by atoms with Crippen LogP contribution in [0.5, 0.6) is 0 Å². The Morgan fingerprint density at radius 2 is 1.52 bits per heavy atom. The van der Waals surface area contributed by atoms with Gasteiger partial charge in [-0.05, 0) is 77.4 Å². The first-order chi connectivity index (χ1) is 14.1. The summed E-state index contributed by atoms with van der Waals surface area (Å²) in [7, 11) is 0. The molecule has 29 heavy (non-hydrogen) atoms. The Hall–Kier alpha value is -3.33. The van der Waals surface area contributed by atoms with E-state index in [0.29, 0.717) is 0 Å². The van der Waals surface area contributed by atoms with Gasteiger partial charge in [0.1, 0.15) is 0 Å². The summed E-state index contributed by atoms with van der Waals surface area (Å²) in [5.74, 6) is -0.935. The van der Waals surface area contributed by atoms with Gasteiger partial charge in [0.05, 0.1) is 12.5 Å². The summed E-state index contributed by atoms with van der Waals surface area (Å²) in [6, 6.07) is 21.6. The first-order valence-corrected chi connectivity index (χ1v) is 9.86. The lowest BCUT2D eigenvalue weighted by atomic mass is 9.86. The standard InChI is InChI=1S/C18H16.C4H6O2.C4H4O/c1-3-7-15-13(5-1)9-11-18-16-8-4-2-6-14(16)10-12-17(15)18;1-3(2)4(5)6;1-2-4-5-3-1/h1,3,5,7,9-12H,2,4,6,8H2;1H2,2H3,(H,5,6);1-4H. The van der Waals surface area contributed by atoms with Crippen molar-refractivity contribution in [3.8, 4) is 0 Å². The lowest BCUT2D eigenvalue weighted by Crippen LogP contribution is -2.02. The smallest absolute Gasteiger partial charge is 0.330 e. The largest absolute Gasteiger partial charge is 0.478 e. The van der Waals surface area contributed by atoms with E-state index in [1.165, 1.54) is 54.2 Å². The first kappa shape index (κ1) is 20.4. The Labute approximate surface area is 171 Å². The summed E-state index contributed by atoms with van der Waals surface area (Å²) in [4.78, 5) is 9.60. The van der Waals surface area contributed by atoms with E-state index in [4.69, 9.17) is 5.11 Å². The van der Waals surface area contributed by atoms with E-state index in [9.17, 15) is 4.79 Å². The molecule has 0 aliphatic heterocycles. The van der Waals surface area contributed by atoms with Crippen molar-refractivity contribution in [2.75, 3.05) is 0 Å². The van der Waals surface area contributed by atoms with Crippen LogP contribution in [-0.2, 0) is 17.6 Å². The number of aryl methyl sites for hydroxylation is 2. The quantitative estimate of drug-likeness (QED) is 0.289. The van der Waals surface area contributed by atoms with Crippen molar-refractivity contribution in [1.82, 2.24) is 0 Å². The van der Waals surface area contributed by atoms with Gasteiger partial charge in [-0.1, -0.05) is 55.1 Å². The molecular formula is C26H26O3. The topological polar surface area (TPSA) is 50.4 Å². The van der Waals surface area contributed by atoms with E-state index in [1.54, 1.807) is 23.7 Å². The van der Waals surface area contributed by atoms with Crippen molar-refractivity contribution in [2.45, 2.75) is 32.6 Å². The monoisotopic (exact) mass is 386 g/mol. The van der Waals surface area contributed by atoms with Crippen LogP contribution in [-0.4, -0.2) is 11.1 Å². The number of carbonyl (C=O) groups is 1. The molecule has 0 bridgehead atoms. The average molecular weight is 386 g/mol. The Bertz CT molecular complexity index is 1080. The number of fused-ring (bicyclic) bond motifs is 5. The van der Waals surface area contributed by atoms with Crippen LogP contribution in [0.3, 0.4) is 0 Å². The molecule has 1 aliphatic rings. The minimum absolute atomic E-state index is 0.176. The van der Waals surface area contributed by atoms with Gasteiger partial charge in [-0.3, -0.25) is 0 Å². The second kappa shape index (κ2) is 9.74. The molecule has 3 nitrogen and oxygen atoms in total. The maximum absolute atomic E-state index is 9.60. The summed E-state index contributed by atoms with van der Waals surface area (Å²) < 4.78 is 4.58. The molecule has 0 unspecified atom stereocenters. The van der Waals surface area contributed by atoms with Crippen molar-refractivity contribution in [1.29, 1.82) is 0 Å². The van der Waals surface area contributed by atoms with Crippen molar-refractivity contribution in [3.05, 3.63) is 96.5 Å². The second-order valence-electron chi connectivity index (χ2n) is 7.17. The molecule has 3 aromatic carbocycles. The van der Waals surface area contributed by atoms with E-state index in [-0.39, 0.29) is 5.57 Å². The highest BCUT2D eigenvalue weighted by atomic mass is 16.4. The molecule has 1 heterocycles. The zero-order valence-corrected chi connectivity index (χ0v) is 16.7. The van der Waals surface area contributed by atoms with Crippen molar-refractivity contribution in [3.63, 3.8) is 0 Å². The number of aliphatic carboxylic acids is 1. The lowest BCUT2D eigenvalue weighted by Gasteiger charge is -2.18. The van der Waals surface area contributed by atoms with Crippen LogP contribution in [0.25, 0.3) is 21.5 Å². The highest BCUT2D eigenvalue weighted by Crippen LogP contribution is 2.33. The Morgan fingerprint density at radius 1 is 0.862 bits per heavy atom. The Kier molecular flexibility index (Phi) is 6.85. The molecule has 148 valence electrons. The average Bonchev–Trinajstić information content (AvgIpc) is 3.34. The van der Waals surface area contributed by atoms with Crippen molar-refractivity contribution < 1.29 is 14.3 Å². The van der Waals surface area contributed by atoms with E-state index < -0.39 is 5.97 Å². The van der Waals surface area contributed by atoms with Gasteiger partial charge in [-0.15, -0.1) is 0 Å². The normalized spacial score (nSPS) is 12.2. The molecule has 1 aromatic heterocycles. The summed E-state index contributed by atoms with van der Waals surface area (Å²) in [6.45, 7) is 4.60. The van der Waals surface area contributed by atoms with E-state index in [1.807, 2.05) is 12.1 Å². The SMILES string of the molecule is C=C(C)C(=O)O.c1ccc2c(c1)ccc1c3c(ccc12)CCCC3.c1ccoc1. The molecule has 5 rings (SSSR count). The fourth-order valence-electron chi connectivity index (χ4n) is 3.57. The maximum atomic E-state index is 9.60. The van der Waals surface area contributed by atoms with Gasteiger partial charge in [0, 0.05) is 5.57 Å². The van der Waals surface area contributed by atoms with E-state index in [2.05, 4.69) is 59.5 Å². The molecule has 4 aromatic rings. The molecule has 0 atom stereocenters. The van der Waals surface area contributed by atoms with Crippen LogP contribution in [0.2, 0.25) is 0 Å². The minimum Gasteiger partial charge on any atom is -0.478 e. The zero-order chi connectivity index (χ0) is 20.6. The number of benzene rings is 3. The molecule has 0 radical (unpaired) electrons. The molecule has 1 N–H and O–H groups in total. The first-order valence-electron chi connectivity index (χ1n) is 9.86. The molecule has 0 saturated heterocycles. The number of hydrogen-bond donors (Lipinski definition) is 1. The van der Waals surface area contributed by atoms with Gasteiger partial charge in [0.15, 0.2) is 0 Å². The van der Waals surface area contributed by atoms with Gasteiger partial charge in [0.25, 0.3) is 0 Å². The molecule has 0 spiro atoms. The summed E-state index contributed by atoms with van der Waals surface area (Å²) >= 11 is 0. The molecule has 0 fully saturated rings. The third-order valence-corrected chi connectivity index (χ3v) is 5.05. The summed E-state index contributed by atoms with van der Waals surface area (Å²) in [6.07, 6.45) is 8.47. The van der Waals surface area contributed by atoms with Gasteiger partial charge in [-0.25, -0.2) is 4.79 Å². The Morgan fingerprint density at radius 3 is 2.17 bits per heavy atom. The van der Waals surface area contributed by atoms with Gasteiger partial charge < -0.3 is 9.52 Å². The molecule has 0 amide bonds. The highest BCUT2D eigenvalue weighted by molar-refractivity contribution is 6.08. The number of carboxylic acids is 1. The molecular weight excluding hydrogens is 360 g/mol. The van der Waals surface area contributed by atoms with Crippen molar-refractivity contribution >= 4 is 27.5 Å². The third-order valence-electron chi connectivity index (χ3n) is 5.05. The van der Waals surface area contributed by atoms with E-state index >= 15 is 0 Å². The fraction of sp³-hybridized carbons (Fsp3) is 0.192. The van der Waals surface area contributed by atoms with Crippen LogP contribution < -0.4 is 0 Å². The van der Waals surface area contributed by atoms with Gasteiger partial charge in [0.2, 0.25) is 0 Å². The summed E-state index contributed by atoms with van der Waals surface area (Å²) in [5, 5.41) is 13.5. The van der Waals surface area contributed by atoms with Crippen LogP contribution in [0.15, 0.2) is 89.8 Å². The molecule has 0 saturated carbocycles. The predicted molar refractivity (Wildman–Crippen MR) is 119 cm³/mol. The van der Waals surface area contributed by atoms with Crippen LogP contribution in [0.1, 0.15) is 30.9 Å². The van der Waals surface area contributed by atoms with Crippen LogP contribution >= 0.6 is 0 Å². The third kappa shape index (κ3) is 5.14. The fourth-order valence-corrected chi connectivity index (χ4v) is 3.57. The number of rotatable bonds is 1. The lowest BCUT2D eigenvalue weighted by molar-refractivity contribution is -0.132. The Balaban J connectivity index is 0.000000181. The van der Waals surface area contributed by atoms with E-state index in [0.717, 1.165) is 0 Å².